The van der Waals surface area contributed by atoms with E-state index in [0.29, 0.717) is 22.7 Å². The van der Waals surface area contributed by atoms with Gasteiger partial charge in [0.05, 0.1) is 5.71 Å². The first-order valence-electron chi connectivity index (χ1n) is 6.90. The molecule has 2 rings (SSSR count). The zero-order valence-corrected chi connectivity index (χ0v) is 12.6. The Bertz CT molecular complexity index is 744. The van der Waals surface area contributed by atoms with Gasteiger partial charge >= 0.3 is 0 Å². The number of anilines is 1. The molecule has 23 heavy (non-hydrogen) atoms. The lowest BCUT2D eigenvalue weighted by Crippen LogP contribution is -2.19. The topological polar surface area (TPSA) is 100 Å². The minimum Gasteiger partial charge on any atom is -0.479 e. The molecule has 0 atom stereocenters. The summed E-state index contributed by atoms with van der Waals surface area (Å²) in [5, 5.41) is 12.5. The number of amides is 1. The predicted octanol–water partition coefficient (Wildman–Crippen LogP) is 2.33. The van der Waals surface area contributed by atoms with Crippen LogP contribution in [-0.2, 0) is 0 Å². The summed E-state index contributed by atoms with van der Waals surface area (Å²) in [4.78, 5) is 12.0. The van der Waals surface area contributed by atoms with Gasteiger partial charge in [-0.3, -0.25) is 4.79 Å². The first-order chi connectivity index (χ1) is 11.1. The summed E-state index contributed by atoms with van der Waals surface area (Å²) < 4.78 is 5.17. The molecule has 3 N–H and O–H groups in total. The summed E-state index contributed by atoms with van der Waals surface area (Å²) >= 11 is 0. The van der Waals surface area contributed by atoms with Gasteiger partial charge in [0.15, 0.2) is 6.61 Å². The molecule has 0 aromatic heterocycles. The number of hydrogen-bond donors (Lipinski definition) is 2. The largest absolute Gasteiger partial charge is 0.479 e. The lowest BCUT2D eigenvalue weighted by atomic mass is 10.1. The fourth-order valence-corrected chi connectivity index (χ4v) is 1.81. The normalized spacial score (nSPS) is 10.7. The molecule has 1 amide bonds. The Hall–Kier alpha value is -3.33. The number of carbonyl (C=O) groups is 1. The molecule has 0 heterocycles. The van der Waals surface area contributed by atoms with Gasteiger partial charge in [0.25, 0.3) is 5.91 Å². The number of ether oxygens (including phenoxy) is 1. The van der Waals surface area contributed by atoms with E-state index < -0.39 is 0 Å². The lowest BCUT2D eigenvalue weighted by Gasteiger charge is -2.05. The van der Waals surface area contributed by atoms with Crippen LogP contribution in [0.15, 0.2) is 53.6 Å². The van der Waals surface area contributed by atoms with Crippen LogP contribution in [0.2, 0.25) is 0 Å². The molecule has 0 bridgehead atoms. The van der Waals surface area contributed by atoms with Crippen LogP contribution >= 0.6 is 0 Å². The molecule has 0 saturated heterocycles. The number of hydrazone groups is 1. The third-order valence-electron chi connectivity index (χ3n) is 3.07. The van der Waals surface area contributed by atoms with Gasteiger partial charge in [0.2, 0.25) is 0 Å². The number of rotatable bonds is 5. The van der Waals surface area contributed by atoms with E-state index in [-0.39, 0.29) is 12.5 Å². The van der Waals surface area contributed by atoms with Gasteiger partial charge in [-0.25, -0.2) is 5.43 Å². The minimum absolute atomic E-state index is 0.00403. The number of nitrogens with two attached hydrogens (primary N) is 1. The summed E-state index contributed by atoms with van der Waals surface area (Å²) in [7, 11) is 0. The molecule has 2 aromatic rings. The Labute approximate surface area is 134 Å². The number of nitrogens with one attached hydrogen (secondary N) is 1. The maximum Gasteiger partial charge on any atom is 0.271 e. The van der Waals surface area contributed by atoms with E-state index in [4.69, 9.17) is 15.7 Å². The van der Waals surface area contributed by atoms with E-state index >= 15 is 0 Å². The highest BCUT2D eigenvalue weighted by atomic mass is 16.5. The molecule has 6 heteroatoms. The molecule has 0 saturated carbocycles. The van der Waals surface area contributed by atoms with Crippen molar-refractivity contribution in [2.24, 2.45) is 5.10 Å². The molecular weight excluding hydrogens is 292 g/mol. The molecular formula is C17H16N4O2. The van der Waals surface area contributed by atoms with E-state index in [2.05, 4.69) is 10.5 Å². The average molecular weight is 308 g/mol. The lowest BCUT2D eigenvalue weighted by molar-refractivity contribution is 0.0955. The molecule has 116 valence electrons. The van der Waals surface area contributed by atoms with Gasteiger partial charge < -0.3 is 10.5 Å². The van der Waals surface area contributed by atoms with Crippen LogP contribution in [-0.4, -0.2) is 18.2 Å². The zero-order chi connectivity index (χ0) is 16.7. The van der Waals surface area contributed by atoms with Crippen molar-refractivity contribution >= 4 is 17.3 Å². The van der Waals surface area contributed by atoms with Gasteiger partial charge in [0, 0.05) is 11.3 Å². The Morgan fingerprint density at radius 2 is 1.78 bits per heavy atom. The average Bonchev–Trinajstić information content (AvgIpc) is 2.58. The second-order valence-electron chi connectivity index (χ2n) is 4.73. The Morgan fingerprint density at radius 3 is 2.39 bits per heavy atom. The highest BCUT2D eigenvalue weighted by Gasteiger charge is 2.04. The third kappa shape index (κ3) is 4.58. The monoisotopic (exact) mass is 308 g/mol. The van der Waals surface area contributed by atoms with Crippen LogP contribution in [0.3, 0.4) is 0 Å². The molecule has 0 aliphatic rings. The van der Waals surface area contributed by atoms with Crippen molar-refractivity contribution in [2.45, 2.75) is 6.92 Å². The fraction of sp³-hybridized carbons (Fsp3) is 0.118. The number of carbonyl (C=O) groups excluding carboxylic acids is 1. The second kappa shape index (κ2) is 7.61. The maximum absolute atomic E-state index is 12.0. The van der Waals surface area contributed by atoms with Gasteiger partial charge in [0.1, 0.15) is 11.8 Å². The molecule has 6 nitrogen and oxygen atoms in total. The van der Waals surface area contributed by atoms with E-state index in [0.717, 1.165) is 5.56 Å². The van der Waals surface area contributed by atoms with E-state index in [1.807, 2.05) is 6.07 Å². The first-order valence-corrected chi connectivity index (χ1v) is 6.90. The van der Waals surface area contributed by atoms with Crippen molar-refractivity contribution in [1.29, 1.82) is 5.26 Å². The van der Waals surface area contributed by atoms with Gasteiger partial charge in [-0.1, -0.05) is 0 Å². The van der Waals surface area contributed by atoms with E-state index in [9.17, 15) is 4.79 Å². The molecule has 2 aromatic carbocycles. The Kier molecular flexibility index (Phi) is 5.31. The molecule has 0 spiro atoms. The van der Waals surface area contributed by atoms with E-state index in [1.54, 1.807) is 55.5 Å². The van der Waals surface area contributed by atoms with Gasteiger partial charge in [-0.2, -0.15) is 10.4 Å². The Balaban J connectivity index is 2.00. The van der Waals surface area contributed by atoms with Crippen LogP contribution < -0.4 is 15.9 Å². The number of nitrogen functional groups attached to an aromatic ring is 1. The second-order valence-corrected chi connectivity index (χ2v) is 4.73. The highest BCUT2D eigenvalue weighted by molar-refractivity contribution is 6.01. The molecule has 0 aliphatic heterocycles. The highest BCUT2D eigenvalue weighted by Crippen LogP contribution is 2.12. The van der Waals surface area contributed by atoms with Crippen LogP contribution in [0.25, 0.3) is 0 Å². The number of benzene rings is 2. The van der Waals surface area contributed by atoms with Crippen molar-refractivity contribution in [3.05, 3.63) is 59.7 Å². The summed E-state index contributed by atoms with van der Waals surface area (Å²) in [6, 6.07) is 15.6. The molecule has 0 aliphatic carbocycles. The Morgan fingerprint density at radius 1 is 1.17 bits per heavy atom. The third-order valence-corrected chi connectivity index (χ3v) is 3.07. The van der Waals surface area contributed by atoms with Crippen molar-refractivity contribution in [2.75, 3.05) is 12.3 Å². The zero-order valence-electron chi connectivity index (χ0n) is 12.6. The molecule has 0 radical (unpaired) electrons. The molecule has 0 unspecified atom stereocenters. The van der Waals surface area contributed by atoms with Gasteiger partial charge in [-0.05, 0) is 61.0 Å². The van der Waals surface area contributed by atoms with Crippen molar-refractivity contribution < 1.29 is 9.53 Å². The predicted molar refractivity (Wildman–Crippen MR) is 88.1 cm³/mol. The van der Waals surface area contributed by atoms with E-state index in [1.165, 1.54) is 0 Å². The first kappa shape index (κ1) is 16.0. The van der Waals surface area contributed by atoms with Gasteiger partial charge in [-0.15, -0.1) is 0 Å². The van der Waals surface area contributed by atoms with Crippen molar-refractivity contribution in [3.63, 3.8) is 0 Å². The number of hydrogen-bond acceptors (Lipinski definition) is 5. The summed E-state index contributed by atoms with van der Waals surface area (Å²) in [6.45, 7) is 1.79. The van der Waals surface area contributed by atoms with Crippen LogP contribution in [0.5, 0.6) is 5.75 Å². The molecule has 0 fully saturated rings. The fourth-order valence-electron chi connectivity index (χ4n) is 1.81. The minimum atomic E-state index is -0.307. The number of nitriles is 1. The summed E-state index contributed by atoms with van der Waals surface area (Å²) in [6.07, 6.45) is 0. The van der Waals surface area contributed by atoms with Crippen LogP contribution in [0, 0.1) is 11.3 Å². The quantitative estimate of drug-likeness (QED) is 0.503. The smallest absolute Gasteiger partial charge is 0.271 e. The number of nitrogens with zero attached hydrogens (tertiary/aromatic N) is 2. The SMILES string of the molecule is C/C(=N/NC(=O)c1ccc(N)cc1)c1ccc(OCC#N)cc1. The maximum atomic E-state index is 12.0. The van der Waals surface area contributed by atoms with Crippen LogP contribution in [0.4, 0.5) is 5.69 Å². The summed E-state index contributed by atoms with van der Waals surface area (Å²) in [5.41, 5.74) is 10.7. The standard InChI is InChI=1S/C17H16N4O2/c1-12(13-4-8-16(9-5-13)23-11-10-18)20-21-17(22)14-2-6-15(19)7-3-14/h2-9H,11,19H2,1H3,(H,21,22)/b20-12-. The van der Waals surface area contributed by atoms with Crippen molar-refractivity contribution in [3.8, 4) is 11.8 Å². The van der Waals surface area contributed by atoms with Crippen LogP contribution in [0.1, 0.15) is 22.8 Å². The summed E-state index contributed by atoms with van der Waals surface area (Å²) in [5.74, 6) is 0.298. The van der Waals surface area contributed by atoms with Crippen molar-refractivity contribution in [1.82, 2.24) is 5.43 Å².